The van der Waals surface area contributed by atoms with Gasteiger partial charge in [0.25, 0.3) is 0 Å². The number of ether oxygens (including phenoxy) is 2. The molecule has 0 aliphatic rings. The number of esters is 1. The highest BCUT2D eigenvalue weighted by atomic mass is 16.5. The summed E-state index contributed by atoms with van der Waals surface area (Å²) < 4.78 is 10.8. The molecule has 3 aromatic carbocycles. The van der Waals surface area contributed by atoms with Gasteiger partial charge in [0.05, 0.1) is 19.1 Å². The number of carbonyl (C=O) groups excluding carboxylic acids is 1. The fraction of sp³-hybridized carbons (Fsp3) is 0.174. The van der Waals surface area contributed by atoms with Crippen LogP contribution in [0.5, 0.6) is 11.5 Å². The molecule has 0 saturated heterocycles. The van der Waals surface area contributed by atoms with E-state index >= 15 is 0 Å². The maximum Gasteiger partial charge on any atom is 0.316 e. The van der Waals surface area contributed by atoms with Crippen LogP contribution >= 0.6 is 0 Å². The van der Waals surface area contributed by atoms with Gasteiger partial charge in [0.2, 0.25) is 0 Å². The van der Waals surface area contributed by atoms with E-state index in [1.165, 1.54) is 0 Å². The molecule has 0 spiro atoms. The normalized spacial score (nSPS) is 12.7. The number of rotatable bonds is 7. The molecular weight excluding hydrogens is 338 g/mol. The maximum atomic E-state index is 12.7. The van der Waals surface area contributed by atoms with Crippen molar-refractivity contribution >= 4 is 11.7 Å². The number of hydrogen-bond acceptors (Lipinski definition) is 4. The number of carbonyl (C=O) groups is 1. The van der Waals surface area contributed by atoms with Gasteiger partial charge in [-0.15, -0.1) is 0 Å². The van der Waals surface area contributed by atoms with Crippen molar-refractivity contribution in [1.82, 2.24) is 0 Å². The molecule has 0 unspecified atom stereocenters. The van der Waals surface area contributed by atoms with E-state index in [-0.39, 0.29) is 12.0 Å². The zero-order valence-corrected chi connectivity index (χ0v) is 15.5. The van der Waals surface area contributed by atoms with Gasteiger partial charge in [0, 0.05) is 5.69 Å². The topological polar surface area (TPSA) is 47.6 Å². The highest BCUT2D eigenvalue weighted by Gasteiger charge is 2.27. The molecule has 2 atom stereocenters. The number of para-hydroxylation sites is 1. The Morgan fingerprint density at radius 1 is 0.815 bits per heavy atom. The van der Waals surface area contributed by atoms with Crippen LogP contribution in [-0.4, -0.2) is 13.1 Å². The first-order valence-electron chi connectivity index (χ1n) is 8.89. The van der Waals surface area contributed by atoms with Gasteiger partial charge in [-0.05, 0) is 48.9 Å². The number of anilines is 1. The second kappa shape index (κ2) is 8.90. The van der Waals surface area contributed by atoms with Crippen LogP contribution in [0.1, 0.15) is 18.5 Å². The standard InChI is InChI=1S/C23H23NO3/c1-17(23(25)27-21-11-7-4-8-12-21)22(18-9-5-3-6-10-18)24-19-13-15-20(26-2)16-14-19/h3-17,22,24H,1-2H3/t17-,22-/m0/s1. The zero-order valence-electron chi connectivity index (χ0n) is 15.5. The van der Waals surface area contributed by atoms with Crippen LogP contribution < -0.4 is 14.8 Å². The smallest absolute Gasteiger partial charge is 0.316 e. The first-order valence-corrected chi connectivity index (χ1v) is 8.89. The van der Waals surface area contributed by atoms with Crippen molar-refractivity contribution in [2.45, 2.75) is 13.0 Å². The third-order valence-corrected chi connectivity index (χ3v) is 4.40. The fourth-order valence-electron chi connectivity index (χ4n) is 2.86. The Kier molecular flexibility index (Phi) is 6.10. The van der Waals surface area contributed by atoms with E-state index < -0.39 is 5.92 Å². The first-order chi connectivity index (χ1) is 13.2. The lowest BCUT2D eigenvalue weighted by atomic mass is 9.94. The van der Waals surface area contributed by atoms with Crippen molar-refractivity contribution in [3.63, 3.8) is 0 Å². The Bertz CT molecular complexity index is 848. The fourth-order valence-corrected chi connectivity index (χ4v) is 2.86. The molecule has 0 aliphatic carbocycles. The van der Waals surface area contributed by atoms with Gasteiger partial charge < -0.3 is 14.8 Å². The number of nitrogens with one attached hydrogen (secondary N) is 1. The second-order valence-electron chi connectivity index (χ2n) is 6.28. The van der Waals surface area contributed by atoms with Gasteiger partial charge in [-0.1, -0.05) is 48.5 Å². The summed E-state index contributed by atoms with van der Waals surface area (Å²) in [4.78, 5) is 12.7. The SMILES string of the molecule is COc1ccc(N[C@H](c2ccccc2)[C@H](C)C(=O)Oc2ccccc2)cc1. The van der Waals surface area contributed by atoms with E-state index in [0.717, 1.165) is 17.0 Å². The highest BCUT2D eigenvalue weighted by molar-refractivity contribution is 5.76. The van der Waals surface area contributed by atoms with Gasteiger partial charge >= 0.3 is 5.97 Å². The van der Waals surface area contributed by atoms with E-state index in [4.69, 9.17) is 9.47 Å². The Labute approximate surface area is 159 Å². The van der Waals surface area contributed by atoms with Crippen molar-refractivity contribution in [2.24, 2.45) is 5.92 Å². The quantitative estimate of drug-likeness (QED) is 0.470. The van der Waals surface area contributed by atoms with Gasteiger partial charge in [-0.25, -0.2) is 0 Å². The number of benzene rings is 3. The van der Waals surface area contributed by atoms with Crippen LogP contribution in [0.3, 0.4) is 0 Å². The van der Waals surface area contributed by atoms with E-state index in [2.05, 4.69) is 5.32 Å². The van der Waals surface area contributed by atoms with Gasteiger partial charge in [0.15, 0.2) is 0 Å². The van der Waals surface area contributed by atoms with E-state index in [1.54, 1.807) is 19.2 Å². The molecule has 0 saturated carbocycles. The summed E-state index contributed by atoms with van der Waals surface area (Å²) in [5.74, 6) is 0.657. The van der Waals surface area contributed by atoms with Crippen LogP contribution in [0.25, 0.3) is 0 Å². The molecule has 138 valence electrons. The summed E-state index contributed by atoms with van der Waals surface area (Å²) in [6.07, 6.45) is 0. The van der Waals surface area contributed by atoms with Crippen LogP contribution in [0.15, 0.2) is 84.9 Å². The molecular formula is C23H23NO3. The van der Waals surface area contributed by atoms with Crippen LogP contribution in [-0.2, 0) is 4.79 Å². The summed E-state index contributed by atoms with van der Waals surface area (Å²) in [5, 5.41) is 3.46. The number of methoxy groups -OCH3 is 1. The third kappa shape index (κ3) is 4.88. The van der Waals surface area contributed by atoms with Crippen molar-refractivity contribution in [3.8, 4) is 11.5 Å². The minimum Gasteiger partial charge on any atom is -0.497 e. The molecule has 0 heterocycles. The van der Waals surface area contributed by atoms with Gasteiger partial charge in [-0.2, -0.15) is 0 Å². The minimum atomic E-state index is -0.394. The van der Waals surface area contributed by atoms with E-state index in [1.807, 2.05) is 79.7 Å². The Hall–Kier alpha value is -3.27. The first kappa shape index (κ1) is 18.5. The Morgan fingerprint density at radius 2 is 1.41 bits per heavy atom. The summed E-state index contributed by atoms with van der Waals surface area (Å²) in [7, 11) is 1.64. The van der Waals surface area contributed by atoms with E-state index in [0.29, 0.717) is 5.75 Å². The average Bonchev–Trinajstić information content (AvgIpc) is 2.73. The predicted molar refractivity (Wildman–Crippen MR) is 107 cm³/mol. The van der Waals surface area contributed by atoms with Crippen molar-refractivity contribution < 1.29 is 14.3 Å². The predicted octanol–water partition coefficient (Wildman–Crippen LogP) is 5.09. The lowest BCUT2D eigenvalue weighted by Crippen LogP contribution is -2.28. The molecule has 4 heteroatoms. The monoisotopic (exact) mass is 361 g/mol. The Morgan fingerprint density at radius 3 is 2.00 bits per heavy atom. The average molecular weight is 361 g/mol. The Balaban J connectivity index is 1.81. The molecule has 3 rings (SSSR count). The molecule has 27 heavy (non-hydrogen) atoms. The summed E-state index contributed by atoms with van der Waals surface area (Å²) in [5.41, 5.74) is 1.93. The highest BCUT2D eigenvalue weighted by Crippen LogP contribution is 2.29. The van der Waals surface area contributed by atoms with Crippen molar-refractivity contribution in [1.29, 1.82) is 0 Å². The lowest BCUT2D eigenvalue weighted by Gasteiger charge is -2.25. The van der Waals surface area contributed by atoms with Gasteiger partial charge in [0.1, 0.15) is 11.5 Å². The molecule has 3 aromatic rings. The molecule has 0 fully saturated rings. The van der Waals surface area contributed by atoms with E-state index in [9.17, 15) is 4.79 Å². The van der Waals surface area contributed by atoms with Crippen molar-refractivity contribution in [2.75, 3.05) is 12.4 Å². The molecule has 0 aliphatic heterocycles. The van der Waals surface area contributed by atoms with Crippen LogP contribution in [0, 0.1) is 5.92 Å². The molecule has 4 nitrogen and oxygen atoms in total. The molecule has 0 aromatic heterocycles. The largest absolute Gasteiger partial charge is 0.497 e. The lowest BCUT2D eigenvalue weighted by molar-refractivity contribution is -0.138. The zero-order chi connectivity index (χ0) is 19.1. The van der Waals surface area contributed by atoms with Crippen molar-refractivity contribution in [3.05, 3.63) is 90.5 Å². The maximum absolute atomic E-state index is 12.7. The minimum absolute atomic E-state index is 0.226. The third-order valence-electron chi connectivity index (χ3n) is 4.40. The molecule has 0 amide bonds. The van der Waals surface area contributed by atoms with Gasteiger partial charge in [-0.3, -0.25) is 4.79 Å². The molecule has 1 N–H and O–H groups in total. The summed E-state index contributed by atoms with van der Waals surface area (Å²) in [6.45, 7) is 1.87. The summed E-state index contributed by atoms with van der Waals surface area (Å²) >= 11 is 0. The molecule has 0 radical (unpaired) electrons. The number of hydrogen-bond donors (Lipinski definition) is 1. The summed E-state index contributed by atoms with van der Waals surface area (Å²) in [6, 6.07) is 26.5. The molecule has 0 bridgehead atoms. The van der Waals surface area contributed by atoms with Crippen LogP contribution in [0.2, 0.25) is 0 Å². The second-order valence-corrected chi connectivity index (χ2v) is 6.28. The van der Waals surface area contributed by atoms with Crippen LogP contribution in [0.4, 0.5) is 5.69 Å².